The van der Waals surface area contributed by atoms with E-state index in [9.17, 15) is 18.0 Å². The number of carbonyl (C=O) groups excluding carboxylic acids is 2. The maximum Gasteiger partial charge on any atom is 0.325 e. The third-order valence-electron chi connectivity index (χ3n) is 4.07. The van der Waals surface area contributed by atoms with E-state index in [1.807, 2.05) is 0 Å². The smallest absolute Gasteiger partial charge is 0.325 e. The van der Waals surface area contributed by atoms with Crippen molar-refractivity contribution in [3.05, 3.63) is 29.3 Å². The monoisotopic (exact) mass is 387 g/mol. The number of sulfonamides is 1. The lowest BCUT2D eigenvalue weighted by atomic mass is 9.96. The molecule has 0 aliphatic heterocycles. The molecule has 8 heteroatoms. The lowest BCUT2D eigenvalue weighted by Crippen LogP contribution is -2.47. The predicted molar refractivity (Wildman–Crippen MR) is 93.8 cm³/mol. The maximum atomic E-state index is 12.5. The van der Waals surface area contributed by atoms with Crippen LogP contribution in [0.5, 0.6) is 0 Å². The van der Waals surface area contributed by atoms with Crippen LogP contribution in [0.25, 0.3) is 0 Å². The predicted octanol–water partition coefficient (Wildman–Crippen LogP) is 2.70. The molecule has 1 aromatic rings. The number of rotatable bonds is 6. The van der Waals surface area contributed by atoms with Gasteiger partial charge in [-0.15, -0.1) is 0 Å². The molecule has 0 aromatic heterocycles. The van der Waals surface area contributed by atoms with Crippen molar-refractivity contribution in [2.75, 3.05) is 0 Å². The largest absolute Gasteiger partial charge is 0.453 e. The molecule has 0 unspecified atom stereocenters. The summed E-state index contributed by atoms with van der Waals surface area (Å²) in [7, 11) is -3.95. The topological polar surface area (TPSA) is 89.5 Å². The van der Waals surface area contributed by atoms with Crippen molar-refractivity contribution in [1.29, 1.82) is 0 Å². The molecule has 1 N–H and O–H groups in total. The van der Waals surface area contributed by atoms with Gasteiger partial charge in [0, 0.05) is 11.4 Å². The summed E-state index contributed by atoms with van der Waals surface area (Å²) in [6.45, 7) is 3.41. The zero-order chi connectivity index (χ0) is 18.6. The second kappa shape index (κ2) is 8.29. The zero-order valence-corrected chi connectivity index (χ0v) is 15.8. The van der Waals surface area contributed by atoms with E-state index in [2.05, 4.69) is 4.72 Å². The Hall–Kier alpha value is -1.44. The zero-order valence-electron chi connectivity index (χ0n) is 14.2. The Kier molecular flexibility index (Phi) is 6.59. The minimum absolute atomic E-state index is 0.0350. The van der Waals surface area contributed by atoms with Crippen LogP contribution in [0.15, 0.2) is 29.2 Å². The van der Waals surface area contributed by atoms with Crippen molar-refractivity contribution in [2.45, 2.75) is 56.6 Å². The molecule has 1 saturated carbocycles. The summed E-state index contributed by atoms with van der Waals surface area (Å²) in [6, 6.07) is 4.68. The van der Waals surface area contributed by atoms with E-state index in [1.54, 1.807) is 19.9 Å². The molecule has 0 amide bonds. The Labute approximate surface area is 152 Å². The van der Waals surface area contributed by atoms with Gasteiger partial charge in [-0.3, -0.25) is 9.59 Å². The summed E-state index contributed by atoms with van der Waals surface area (Å²) >= 11 is 5.84. The molecule has 2 atom stereocenters. The number of benzene rings is 1. The van der Waals surface area contributed by atoms with Crippen LogP contribution in [0, 0.1) is 5.92 Å². The SMILES string of the molecule is CC(C)[C@H](NS(=O)(=O)c1cccc(Cl)c1)C(=O)O[C@H]1CCCCC1=O. The van der Waals surface area contributed by atoms with Crippen LogP contribution in [0.3, 0.4) is 0 Å². The second-order valence-corrected chi connectivity index (χ2v) is 8.59. The molecule has 138 valence electrons. The van der Waals surface area contributed by atoms with Gasteiger partial charge in [0.25, 0.3) is 0 Å². The summed E-state index contributed by atoms with van der Waals surface area (Å²) in [4.78, 5) is 24.2. The average molecular weight is 388 g/mol. The van der Waals surface area contributed by atoms with Crippen LogP contribution in [0.2, 0.25) is 5.02 Å². The van der Waals surface area contributed by atoms with E-state index in [0.717, 1.165) is 12.8 Å². The molecular weight excluding hydrogens is 366 g/mol. The van der Waals surface area contributed by atoms with Gasteiger partial charge >= 0.3 is 5.97 Å². The van der Waals surface area contributed by atoms with E-state index in [4.69, 9.17) is 16.3 Å². The van der Waals surface area contributed by atoms with Gasteiger partial charge in [-0.05, 0) is 43.4 Å². The Morgan fingerprint density at radius 1 is 1.32 bits per heavy atom. The third kappa shape index (κ3) is 5.26. The Balaban J connectivity index is 2.14. The van der Waals surface area contributed by atoms with Crippen molar-refractivity contribution in [2.24, 2.45) is 5.92 Å². The fraction of sp³-hybridized carbons (Fsp3) is 0.529. The number of hydrogen-bond donors (Lipinski definition) is 1. The van der Waals surface area contributed by atoms with E-state index >= 15 is 0 Å². The van der Waals surface area contributed by atoms with Gasteiger partial charge in [0.2, 0.25) is 10.0 Å². The van der Waals surface area contributed by atoms with Crippen molar-refractivity contribution < 1.29 is 22.7 Å². The quantitative estimate of drug-likeness (QED) is 0.758. The Bertz CT molecular complexity index is 747. The third-order valence-corrected chi connectivity index (χ3v) is 5.74. The second-order valence-electron chi connectivity index (χ2n) is 6.44. The molecule has 6 nitrogen and oxygen atoms in total. The average Bonchev–Trinajstić information content (AvgIpc) is 2.54. The lowest BCUT2D eigenvalue weighted by molar-refractivity contribution is -0.159. The summed E-state index contributed by atoms with van der Waals surface area (Å²) < 4.78 is 32.7. The number of carbonyl (C=O) groups is 2. The molecule has 0 radical (unpaired) electrons. The number of hydrogen-bond acceptors (Lipinski definition) is 5. The van der Waals surface area contributed by atoms with Gasteiger partial charge in [0.05, 0.1) is 4.90 Å². The van der Waals surface area contributed by atoms with E-state index in [-0.39, 0.29) is 21.6 Å². The van der Waals surface area contributed by atoms with Crippen LogP contribution in [-0.2, 0) is 24.3 Å². The van der Waals surface area contributed by atoms with Gasteiger partial charge < -0.3 is 4.74 Å². The first-order chi connectivity index (χ1) is 11.7. The highest BCUT2D eigenvalue weighted by Gasteiger charge is 2.33. The summed E-state index contributed by atoms with van der Waals surface area (Å²) in [5, 5.41) is 0.277. The Morgan fingerprint density at radius 3 is 2.64 bits per heavy atom. The highest BCUT2D eigenvalue weighted by atomic mass is 35.5. The molecule has 25 heavy (non-hydrogen) atoms. The molecular formula is C17H22ClNO5S. The molecule has 1 fully saturated rings. The molecule has 1 aliphatic rings. The van der Waals surface area contributed by atoms with Crippen LogP contribution in [0.4, 0.5) is 0 Å². The molecule has 0 bridgehead atoms. The fourth-order valence-electron chi connectivity index (χ4n) is 2.61. The van der Waals surface area contributed by atoms with Gasteiger partial charge in [-0.1, -0.05) is 31.5 Å². The lowest BCUT2D eigenvalue weighted by Gasteiger charge is -2.25. The van der Waals surface area contributed by atoms with E-state index < -0.39 is 28.1 Å². The summed E-state index contributed by atoms with van der Waals surface area (Å²) in [5.41, 5.74) is 0. The first kappa shape index (κ1) is 19.9. The maximum absolute atomic E-state index is 12.5. The van der Waals surface area contributed by atoms with Crippen LogP contribution in [0.1, 0.15) is 39.5 Å². The fourth-order valence-corrected chi connectivity index (χ4v) is 4.25. The molecule has 1 aromatic carbocycles. The molecule has 2 rings (SSSR count). The molecule has 0 saturated heterocycles. The van der Waals surface area contributed by atoms with Gasteiger partial charge in [-0.2, -0.15) is 4.72 Å². The van der Waals surface area contributed by atoms with Crippen molar-refractivity contribution in [1.82, 2.24) is 4.72 Å². The number of ketones is 1. The number of Topliss-reactive ketones (excluding diaryl/α,β-unsaturated/α-hetero) is 1. The normalized spacial score (nSPS) is 19.7. The number of esters is 1. The summed E-state index contributed by atoms with van der Waals surface area (Å²) in [5.74, 6) is -1.19. The van der Waals surface area contributed by atoms with Crippen LogP contribution >= 0.6 is 11.6 Å². The summed E-state index contributed by atoms with van der Waals surface area (Å²) in [6.07, 6.45) is 1.69. The molecule has 0 spiro atoms. The Morgan fingerprint density at radius 2 is 2.04 bits per heavy atom. The highest BCUT2D eigenvalue weighted by Crippen LogP contribution is 2.20. The van der Waals surface area contributed by atoms with Crippen molar-refractivity contribution in [3.63, 3.8) is 0 Å². The van der Waals surface area contributed by atoms with E-state index in [1.165, 1.54) is 18.2 Å². The first-order valence-electron chi connectivity index (χ1n) is 8.22. The van der Waals surface area contributed by atoms with Crippen molar-refractivity contribution >= 4 is 33.4 Å². The first-order valence-corrected chi connectivity index (χ1v) is 10.1. The minimum Gasteiger partial charge on any atom is -0.453 e. The van der Waals surface area contributed by atoms with Gasteiger partial charge in [0.15, 0.2) is 11.9 Å². The number of nitrogens with one attached hydrogen (secondary N) is 1. The number of ether oxygens (including phenoxy) is 1. The van der Waals surface area contributed by atoms with Crippen molar-refractivity contribution in [3.8, 4) is 0 Å². The number of halogens is 1. The standard InChI is InChI=1S/C17H22ClNO5S/c1-11(2)16(17(21)24-15-9-4-3-8-14(15)20)19-25(22,23)13-7-5-6-12(18)10-13/h5-7,10-11,15-16,19H,3-4,8-9H2,1-2H3/t15-,16-/m0/s1. The van der Waals surface area contributed by atoms with Crippen LogP contribution < -0.4 is 4.72 Å². The molecule has 0 heterocycles. The van der Waals surface area contributed by atoms with Gasteiger partial charge in [0.1, 0.15) is 6.04 Å². The highest BCUT2D eigenvalue weighted by molar-refractivity contribution is 7.89. The molecule has 1 aliphatic carbocycles. The minimum atomic E-state index is -3.95. The van der Waals surface area contributed by atoms with Crippen LogP contribution in [-0.4, -0.2) is 32.3 Å². The van der Waals surface area contributed by atoms with E-state index in [0.29, 0.717) is 12.8 Å². The van der Waals surface area contributed by atoms with Gasteiger partial charge in [-0.25, -0.2) is 8.42 Å².